The third-order valence-electron chi connectivity index (χ3n) is 4.48. The molecule has 0 atom stereocenters. The van der Waals surface area contributed by atoms with Crippen molar-refractivity contribution in [3.05, 3.63) is 75.2 Å². The van der Waals surface area contributed by atoms with E-state index in [9.17, 15) is 4.79 Å². The molecule has 0 aliphatic heterocycles. The van der Waals surface area contributed by atoms with E-state index in [0.29, 0.717) is 27.9 Å². The van der Waals surface area contributed by atoms with Crippen LogP contribution >= 0.6 is 27.5 Å². The Kier molecular flexibility index (Phi) is 5.79. The molecule has 1 aromatic heterocycles. The molecule has 0 bridgehead atoms. The molecule has 0 radical (unpaired) electrons. The fourth-order valence-electron chi connectivity index (χ4n) is 3.14. The highest BCUT2D eigenvalue weighted by atomic mass is 79.9. The molecule has 1 amide bonds. The van der Waals surface area contributed by atoms with Gasteiger partial charge in [0, 0.05) is 10.2 Å². The van der Waals surface area contributed by atoms with Crippen molar-refractivity contribution < 1.29 is 13.9 Å². The second-order valence-corrected chi connectivity index (χ2v) is 8.26. The van der Waals surface area contributed by atoms with Gasteiger partial charge >= 0.3 is 0 Å². The van der Waals surface area contributed by atoms with E-state index >= 15 is 0 Å². The number of amides is 1. The van der Waals surface area contributed by atoms with Crippen molar-refractivity contribution in [3.63, 3.8) is 0 Å². The zero-order valence-electron chi connectivity index (χ0n) is 16.3. The van der Waals surface area contributed by atoms with Crippen molar-refractivity contribution >= 4 is 50.2 Å². The van der Waals surface area contributed by atoms with Crippen LogP contribution in [0.5, 0.6) is 5.75 Å². The van der Waals surface area contributed by atoms with Crippen molar-refractivity contribution in [3.8, 4) is 17.2 Å². The van der Waals surface area contributed by atoms with Crippen LogP contribution in [0.4, 0.5) is 5.69 Å². The average Bonchev–Trinajstić information content (AvgIpc) is 3.13. The second-order valence-electron chi connectivity index (χ2n) is 6.93. The van der Waals surface area contributed by atoms with Gasteiger partial charge in [-0.25, -0.2) is 4.98 Å². The molecule has 0 saturated carbocycles. The molecule has 1 heterocycles. The zero-order valence-corrected chi connectivity index (χ0v) is 18.7. The van der Waals surface area contributed by atoms with Gasteiger partial charge in [-0.2, -0.15) is 0 Å². The van der Waals surface area contributed by atoms with E-state index in [0.717, 1.165) is 26.7 Å². The van der Waals surface area contributed by atoms with Crippen molar-refractivity contribution in [2.45, 2.75) is 13.8 Å². The lowest BCUT2D eigenvalue weighted by Gasteiger charge is -2.09. The number of ether oxygens (including phenoxy) is 1. The van der Waals surface area contributed by atoms with Crippen LogP contribution in [0.15, 0.2) is 63.5 Å². The van der Waals surface area contributed by atoms with Gasteiger partial charge in [0.15, 0.2) is 12.2 Å². The summed E-state index contributed by atoms with van der Waals surface area (Å²) in [6.45, 7) is 3.88. The van der Waals surface area contributed by atoms with Crippen LogP contribution in [0.1, 0.15) is 11.1 Å². The smallest absolute Gasteiger partial charge is 0.262 e. The number of benzene rings is 3. The van der Waals surface area contributed by atoms with E-state index in [1.165, 1.54) is 0 Å². The highest BCUT2D eigenvalue weighted by Gasteiger charge is 2.15. The predicted molar refractivity (Wildman–Crippen MR) is 122 cm³/mol. The molecule has 7 heteroatoms. The third-order valence-corrected chi connectivity index (χ3v) is 5.34. The van der Waals surface area contributed by atoms with Crippen LogP contribution in [-0.2, 0) is 4.79 Å². The maximum absolute atomic E-state index is 12.3. The van der Waals surface area contributed by atoms with Gasteiger partial charge in [0.05, 0.1) is 10.6 Å². The largest absolute Gasteiger partial charge is 0.484 e. The molecule has 0 unspecified atom stereocenters. The molecule has 152 valence electrons. The zero-order chi connectivity index (χ0) is 21.3. The van der Waals surface area contributed by atoms with Gasteiger partial charge in [-0.3, -0.25) is 4.79 Å². The Morgan fingerprint density at radius 2 is 1.90 bits per heavy atom. The summed E-state index contributed by atoms with van der Waals surface area (Å²) in [5.41, 5.74) is 4.80. The van der Waals surface area contributed by atoms with Gasteiger partial charge in [-0.15, -0.1) is 0 Å². The number of halogens is 2. The predicted octanol–water partition coefficient (Wildman–Crippen LogP) is 6.55. The van der Waals surface area contributed by atoms with Gasteiger partial charge < -0.3 is 14.5 Å². The van der Waals surface area contributed by atoms with Gasteiger partial charge in [-0.1, -0.05) is 33.6 Å². The highest BCUT2D eigenvalue weighted by molar-refractivity contribution is 9.10. The Balaban J connectivity index is 1.52. The minimum Gasteiger partial charge on any atom is -0.484 e. The normalized spacial score (nSPS) is 10.9. The second kappa shape index (κ2) is 8.50. The summed E-state index contributed by atoms with van der Waals surface area (Å²) in [7, 11) is 0. The standard InChI is InChI=1S/C23H18BrClN2O3/c1-13-9-14(2)22-20(10-13)27-23(30-22)18-11-16(5-8-19(18)25)26-21(28)12-29-17-6-3-15(24)4-7-17/h3-11H,12H2,1-2H3,(H,26,28). The van der Waals surface area contributed by atoms with E-state index in [1.807, 2.05) is 38.1 Å². The number of hydrogen-bond donors (Lipinski definition) is 1. The fraction of sp³-hybridized carbons (Fsp3) is 0.130. The number of fused-ring (bicyclic) bond motifs is 1. The number of rotatable bonds is 5. The highest BCUT2D eigenvalue weighted by Crippen LogP contribution is 2.33. The molecule has 0 saturated heterocycles. The lowest BCUT2D eigenvalue weighted by Crippen LogP contribution is -2.20. The van der Waals surface area contributed by atoms with Crippen LogP contribution in [0, 0.1) is 13.8 Å². The summed E-state index contributed by atoms with van der Waals surface area (Å²) in [5.74, 6) is 0.739. The van der Waals surface area contributed by atoms with Crippen LogP contribution in [0.25, 0.3) is 22.6 Å². The van der Waals surface area contributed by atoms with E-state index in [4.69, 9.17) is 20.8 Å². The van der Waals surface area contributed by atoms with Crippen LogP contribution < -0.4 is 10.1 Å². The summed E-state index contributed by atoms with van der Waals surface area (Å²) < 4.78 is 12.4. The van der Waals surface area contributed by atoms with E-state index in [1.54, 1.807) is 30.3 Å². The maximum Gasteiger partial charge on any atom is 0.262 e. The van der Waals surface area contributed by atoms with Crippen LogP contribution in [0.3, 0.4) is 0 Å². The Morgan fingerprint density at radius 3 is 2.67 bits per heavy atom. The molecule has 0 fully saturated rings. The van der Waals surface area contributed by atoms with Crippen molar-refractivity contribution in [1.82, 2.24) is 4.98 Å². The maximum atomic E-state index is 12.3. The molecule has 4 aromatic rings. The number of nitrogens with zero attached hydrogens (tertiary/aromatic N) is 1. The Bertz CT molecular complexity index is 1240. The first-order valence-corrected chi connectivity index (χ1v) is 10.4. The van der Waals surface area contributed by atoms with Gasteiger partial charge in [0.25, 0.3) is 5.91 Å². The number of nitrogens with one attached hydrogen (secondary N) is 1. The first-order chi connectivity index (χ1) is 14.4. The summed E-state index contributed by atoms with van der Waals surface area (Å²) in [4.78, 5) is 16.9. The number of anilines is 1. The Labute approximate surface area is 187 Å². The summed E-state index contributed by atoms with van der Waals surface area (Å²) in [6.07, 6.45) is 0. The molecule has 30 heavy (non-hydrogen) atoms. The minimum atomic E-state index is -0.282. The minimum absolute atomic E-state index is 0.110. The monoisotopic (exact) mass is 484 g/mol. The van der Waals surface area contributed by atoms with Crippen molar-refractivity contribution in [1.29, 1.82) is 0 Å². The quantitative estimate of drug-likeness (QED) is 0.348. The summed E-state index contributed by atoms with van der Waals surface area (Å²) in [6, 6.07) is 16.5. The molecule has 0 aliphatic carbocycles. The lowest BCUT2D eigenvalue weighted by molar-refractivity contribution is -0.118. The number of aromatic nitrogens is 1. The Morgan fingerprint density at radius 1 is 1.13 bits per heavy atom. The number of aryl methyl sites for hydroxylation is 2. The lowest BCUT2D eigenvalue weighted by atomic mass is 10.1. The van der Waals surface area contributed by atoms with Crippen LogP contribution in [-0.4, -0.2) is 17.5 Å². The van der Waals surface area contributed by atoms with E-state index in [2.05, 4.69) is 26.2 Å². The van der Waals surface area contributed by atoms with Gasteiger partial charge in [-0.05, 0) is 73.5 Å². The topological polar surface area (TPSA) is 64.4 Å². The van der Waals surface area contributed by atoms with E-state index in [-0.39, 0.29) is 12.5 Å². The molecule has 0 aliphatic rings. The molecular weight excluding hydrogens is 468 g/mol. The number of carbonyl (C=O) groups is 1. The molecule has 4 rings (SSSR count). The Hall–Kier alpha value is -2.83. The fourth-order valence-corrected chi connectivity index (χ4v) is 3.60. The number of carbonyl (C=O) groups excluding carboxylic acids is 1. The van der Waals surface area contributed by atoms with Crippen LogP contribution in [0.2, 0.25) is 5.02 Å². The van der Waals surface area contributed by atoms with Gasteiger partial charge in [0.2, 0.25) is 5.89 Å². The molecule has 5 nitrogen and oxygen atoms in total. The van der Waals surface area contributed by atoms with Crippen molar-refractivity contribution in [2.24, 2.45) is 0 Å². The molecule has 3 aromatic carbocycles. The van der Waals surface area contributed by atoms with E-state index < -0.39 is 0 Å². The number of hydrogen-bond acceptors (Lipinski definition) is 4. The number of oxazole rings is 1. The van der Waals surface area contributed by atoms with Crippen molar-refractivity contribution in [2.75, 3.05) is 11.9 Å². The molecule has 1 N–H and O–H groups in total. The summed E-state index contributed by atoms with van der Waals surface area (Å²) >= 11 is 9.74. The molecule has 0 spiro atoms. The first-order valence-electron chi connectivity index (χ1n) is 9.25. The van der Waals surface area contributed by atoms with Gasteiger partial charge in [0.1, 0.15) is 11.3 Å². The summed E-state index contributed by atoms with van der Waals surface area (Å²) in [5, 5.41) is 3.30. The average molecular weight is 486 g/mol. The first kappa shape index (κ1) is 20.4. The molecular formula is C23H18BrClN2O3. The third kappa shape index (κ3) is 4.50. The SMILES string of the molecule is Cc1cc(C)c2oc(-c3cc(NC(=O)COc4ccc(Br)cc4)ccc3Cl)nc2c1.